The molecule has 1 heterocycles. The SMILES string of the molecule is COc1cc(NS(C)(=O)=O)ccc1-c1nc2ccc(N)cc2[nH]1. The Labute approximate surface area is 133 Å². The predicted molar refractivity (Wildman–Crippen MR) is 91.0 cm³/mol. The lowest BCUT2D eigenvalue weighted by Crippen LogP contribution is -2.09. The molecule has 0 aliphatic carbocycles. The molecule has 4 N–H and O–H groups in total. The van der Waals surface area contributed by atoms with Gasteiger partial charge in [-0.05, 0) is 30.3 Å². The third-order valence-corrected chi connectivity index (χ3v) is 3.87. The number of anilines is 2. The normalized spacial score (nSPS) is 11.6. The third kappa shape index (κ3) is 3.21. The van der Waals surface area contributed by atoms with Crippen LogP contribution in [0.1, 0.15) is 0 Å². The van der Waals surface area contributed by atoms with E-state index in [0.29, 0.717) is 22.9 Å². The molecule has 0 atom stereocenters. The van der Waals surface area contributed by atoms with Gasteiger partial charge in [-0.2, -0.15) is 0 Å². The first kappa shape index (κ1) is 15.2. The summed E-state index contributed by atoms with van der Waals surface area (Å²) in [6.07, 6.45) is 1.09. The summed E-state index contributed by atoms with van der Waals surface area (Å²) in [5.41, 5.74) is 9.17. The fraction of sp³-hybridized carbons (Fsp3) is 0.133. The lowest BCUT2D eigenvalue weighted by Gasteiger charge is -2.09. The zero-order chi connectivity index (χ0) is 16.6. The molecule has 0 aliphatic rings. The highest BCUT2D eigenvalue weighted by molar-refractivity contribution is 7.92. The predicted octanol–water partition coefficient (Wildman–Crippen LogP) is 2.19. The zero-order valence-corrected chi connectivity index (χ0v) is 13.4. The molecule has 2 aromatic carbocycles. The molecule has 23 heavy (non-hydrogen) atoms. The number of aromatic nitrogens is 2. The van der Waals surface area contributed by atoms with Crippen LogP contribution in [0.3, 0.4) is 0 Å². The Bertz CT molecular complexity index is 980. The molecule has 120 valence electrons. The topological polar surface area (TPSA) is 110 Å². The van der Waals surface area contributed by atoms with Crippen LogP contribution in [0.2, 0.25) is 0 Å². The van der Waals surface area contributed by atoms with Gasteiger partial charge >= 0.3 is 0 Å². The molecular formula is C15H16N4O3S. The molecule has 3 aromatic rings. The highest BCUT2D eigenvalue weighted by Gasteiger charge is 2.13. The van der Waals surface area contributed by atoms with Crippen LogP contribution in [0.15, 0.2) is 36.4 Å². The maximum atomic E-state index is 11.3. The lowest BCUT2D eigenvalue weighted by atomic mass is 10.1. The van der Waals surface area contributed by atoms with Gasteiger partial charge in [-0.1, -0.05) is 0 Å². The van der Waals surface area contributed by atoms with E-state index in [1.807, 2.05) is 6.07 Å². The summed E-state index contributed by atoms with van der Waals surface area (Å²) in [6, 6.07) is 10.4. The van der Waals surface area contributed by atoms with Crippen molar-refractivity contribution < 1.29 is 13.2 Å². The van der Waals surface area contributed by atoms with E-state index >= 15 is 0 Å². The largest absolute Gasteiger partial charge is 0.496 e. The second kappa shape index (κ2) is 5.47. The summed E-state index contributed by atoms with van der Waals surface area (Å²) in [6.45, 7) is 0. The van der Waals surface area contributed by atoms with Gasteiger partial charge in [0, 0.05) is 11.8 Å². The van der Waals surface area contributed by atoms with Gasteiger partial charge in [-0.25, -0.2) is 13.4 Å². The quantitative estimate of drug-likeness (QED) is 0.634. The number of hydrogen-bond acceptors (Lipinski definition) is 5. The van der Waals surface area contributed by atoms with Gasteiger partial charge in [0.25, 0.3) is 0 Å². The number of nitrogens with zero attached hydrogens (tertiary/aromatic N) is 1. The Morgan fingerprint density at radius 3 is 2.70 bits per heavy atom. The number of H-pyrrole nitrogens is 1. The molecular weight excluding hydrogens is 316 g/mol. The summed E-state index contributed by atoms with van der Waals surface area (Å²) in [5.74, 6) is 1.12. The van der Waals surface area contributed by atoms with Crippen LogP contribution in [0.25, 0.3) is 22.4 Å². The van der Waals surface area contributed by atoms with E-state index in [0.717, 1.165) is 22.9 Å². The fourth-order valence-corrected chi connectivity index (χ4v) is 2.87. The van der Waals surface area contributed by atoms with Crippen molar-refractivity contribution in [1.82, 2.24) is 9.97 Å². The molecule has 0 spiro atoms. The minimum atomic E-state index is -3.35. The van der Waals surface area contributed by atoms with Crippen molar-refractivity contribution in [2.75, 3.05) is 23.8 Å². The molecule has 0 fully saturated rings. The standard InChI is InChI=1S/C15H16N4O3S/c1-22-14-8-10(19-23(2,20)21)4-5-11(14)15-17-12-6-3-9(16)7-13(12)18-15/h3-8,19H,16H2,1-2H3,(H,17,18). The first-order valence-corrected chi connectivity index (χ1v) is 8.66. The Morgan fingerprint density at radius 1 is 1.22 bits per heavy atom. The summed E-state index contributed by atoms with van der Waals surface area (Å²) in [7, 11) is -1.83. The van der Waals surface area contributed by atoms with Crippen molar-refractivity contribution in [3.05, 3.63) is 36.4 Å². The molecule has 0 aliphatic heterocycles. The van der Waals surface area contributed by atoms with Gasteiger partial charge in [-0.15, -0.1) is 0 Å². The first-order chi connectivity index (χ1) is 10.9. The average molecular weight is 332 g/mol. The molecule has 7 nitrogen and oxygen atoms in total. The van der Waals surface area contributed by atoms with Gasteiger partial charge in [0.1, 0.15) is 11.6 Å². The summed E-state index contributed by atoms with van der Waals surface area (Å²) < 4.78 is 30.4. The van der Waals surface area contributed by atoms with Gasteiger partial charge in [-0.3, -0.25) is 4.72 Å². The van der Waals surface area contributed by atoms with E-state index < -0.39 is 10.0 Å². The smallest absolute Gasteiger partial charge is 0.229 e. The van der Waals surface area contributed by atoms with Crippen LogP contribution in [0, 0.1) is 0 Å². The van der Waals surface area contributed by atoms with Crippen molar-refractivity contribution in [2.24, 2.45) is 0 Å². The van der Waals surface area contributed by atoms with E-state index in [-0.39, 0.29) is 0 Å². The number of methoxy groups -OCH3 is 1. The van der Waals surface area contributed by atoms with Crippen molar-refractivity contribution in [2.45, 2.75) is 0 Å². The van der Waals surface area contributed by atoms with Crippen LogP contribution in [-0.2, 0) is 10.0 Å². The van der Waals surface area contributed by atoms with E-state index in [1.165, 1.54) is 7.11 Å². The Hall–Kier alpha value is -2.74. The number of fused-ring (bicyclic) bond motifs is 1. The number of hydrogen-bond donors (Lipinski definition) is 3. The van der Waals surface area contributed by atoms with E-state index in [9.17, 15) is 8.42 Å². The second-order valence-electron chi connectivity index (χ2n) is 5.15. The van der Waals surface area contributed by atoms with Gasteiger partial charge < -0.3 is 15.5 Å². The van der Waals surface area contributed by atoms with Crippen LogP contribution in [0.5, 0.6) is 5.75 Å². The molecule has 0 unspecified atom stereocenters. The van der Waals surface area contributed by atoms with Gasteiger partial charge in [0.05, 0.1) is 35.6 Å². The molecule has 0 amide bonds. The number of imidazole rings is 1. The zero-order valence-electron chi connectivity index (χ0n) is 12.6. The number of ether oxygens (including phenoxy) is 1. The maximum absolute atomic E-state index is 11.3. The monoisotopic (exact) mass is 332 g/mol. The minimum absolute atomic E-state index is 0.424. The molecule has 0 saturated carbocycles. The van der Waals surface area contributed by atoms with Crippen molar-refractivity contribution in [3.63, 3.8) is 0 Å². The summed E-state index contributed by atoms with van der Waals surface area (Å²) in [4.78, 5) is 7.69. The number of sulfonamides is 1. The Kier molecular flexibility index (Phi) is 3.61. The summed E-state index contributed by atoms with van der Waals surface area (Å²) in [5, 5.41) is 0. The molecule has 8 heteroatoms. The van der Waals surface area contributed by atoms with Gasteiger partial charge in [0.2, 0.25) is 10.0 Å². The number of aromatic amines is 1. The van der Waals surface area contributed by atoms with Crippen molar-refractivity contribution in [3.8, 4) is 17.1 Å². The fourth-order valence-electron chi connectivity index (χ4n) is 2.32. The molecule has 0 radical (unpaired) electrons. The molecule has 0 saturated heterocycles. The highest BCUT2D eigenvalue weighted by Crippen LogP contribution is 2.32. The van der Waals surface area contributed by atoms with E-state index in [4.69, 9.17) is 10.5 Å². The average Bonchev–Trinajstić information content (AvgIpc) is 2.88. The molecule has 3 rings (SSSR count). The first-order valence-electron chi connectivity index (χ1n) is 6.77. The van der Waals surface area contributed by atoms with Crippen LogP contribution in [0.4, 0.5) is 11.4 Å². The van der Waals surface area contributed by atoms with Gasteiger partial charge in [0.15, 0.2) is 0 Å². The Balaban J connectivity index is 2.07. The second-order valence-corrected chi connectivity index (χ2v) is 6.90. The molecule has 1 aromatic heterocycles. The van der Waals surface area contributed by atoms with Crippen LogP contribution < -0.4 is 15.2 Å². The number of nitrogens with one attached hydrogen (secondary N) is 2. The number of nitrogen functional groups attached to an aromatic ring is 1. The number of benzene rings is 2. The highest BCUT2D eigenvalue weighted by atomic mass is 32.2. The van der Waals surface area contributed by atoms with Crippen molar-refractivity contribution in [1.29, 1.82) is 0 Å². The van der Waals surface area contributed by atoms with E-state index in [2.05, 4.69) is 14.7 Å². The molecule has 0 bridgehead atoms. The summed E-state index contributed by atoms with van der Waals surface area (Å²) >= 11 is 0. The van der Waals surface area contributed by atoms with Crippen molar-refractivity contribution >= 4 is 32.4 Å². The van der Waals surface area contributed by atoms with Crippen LogP contribution >= 0.6 is 0 Å². The number of rotatable bonds is 4. The lowest BCUT2D eigenvalue weighted by molar-refractivity contribution is 0.416. The minimum Gasteiger partial charge on any atom is -0.496 e. The Morgan fingerprint density at radius 2 is 2.00 bits per heavy atom. The maximum Gasteiger partial charge on any atom is 0.229 e. The van der Waals surface area contributed by atoms with E-state index in [1.54, 1.807) is 30.3 Å². The van der Waals surface area contributed by atoms with Crippen LogP contribution in [-0.4, -0.2) is 31.8 Å². The third-order valence-electron chi connectivity index (χ3n) is 3.27. The number of nitrogens with two attached hydrogens (primary N) is 1.